The number of hydrogen-bond acceptors (Lipinski definition) is 6. The van der Waals surface area contributed by atoms with Crippen molar-refractivity contribution in [2.75, 3.05) is 7.11 Å². The van der Waals surface area contributed by atoms with Crippen molar-refractivity contribution in [2.24, 2.45) is 0 Å². The summed E-state index contributed by atoms with van der Waals surface area (Å²) in [5, 5.41) is 13.0. The molecular formula is C21H16BrNO5S. The van der Waals surface area contributed by atoms with Crippen LogP contribution in [-0.2, 0) is 6.61 Å². The molecule has 8 heteroatoms. The van der Waals surface area contributed by atoms with Crippen LogP contribution in [0.25, 0.3) is 6.08 Å². The number of ether oxygens (including phenoxy) is 2. The van der Waals surface area contributed by atoms with E-state index in [-0.39, 0.29) is 23.8 Å². The maximum Gasteiger partial charge on any atom is 0.310 e. The highest BCUT2D eigenvalue weighted by Crippen LogP contribution is 2.29. The SMILES string of the molecule is COc1ccc(/C=C/C(=O)c2cc(Br)cs2)cc1COc1ccccc1[N+](=O)[O-]. The molecule has 0 N–H and O–H groups in total. The molecule has 0 atom stereocenters. The van der Waals surface area contributed by atoms with Crippen LogP contribution in [-0.4, -0.2) is 17.8 Å². The van der Waals surface area contributed by atoms with Crippen molar-refractivity contribution in [1.82, 2.24) is 0 Å². The van der Waals surface area contributed by atoms with Gasteiger partial charge in [0.25, 0.3) is 0 Å². The van der Waals surface area contributed by atoms with Crippen molar-refractivity contribution in [1.29, 1.82) is 0 Å². The van der Waals surface area contributed by atoms with Crippen LogP contribution in [0.5, 0.6) is 11.5 Å². The van der Waals surface area contributed by atoms with Gasteiger partial charge in [0.1, 0.15) is 12.4 Å². The molecule has 0 unspecified atom stereocenters. The van der Waals surface area contributed by atoms with Crippen LogP contribution in [0, 0.1) is 10.1 Å². The highest BCUT2D eigenvalue weighted by Gasteiger charge is 2.14. The first-order valence-electron chi connectivity index (χ1n) is 8.47. The van der Waals surface area contributed by atoms with Crippen molar-refractivity contribution in [3.05, 3.63) is 90.6 Å². The van der Waals surface area contributed by atoms with Crippen molar-refractivity contribution < 1.29 is 19.2 Å². The van der Waals surface area contributed by atoms with Gasteiger partial charge in [0, 0.05) is 21.5 Å². The third-order valence-corrected chi connectivity index (χ3v) is 5.69. The predicted molar refractivity (Wildman–Crippen MR) is 116 cm³/mol. The van der Waals surface area contributed by atoms with E-state index < -0.39 is 4.92 Å². The standard InChI is InChI=1S/C21H16BrNO5S/c1-27-19-9-7-14(6-8-18(24)21-11-16(22)13-29-21)10-15(19)12-28-20-5-3-2-4-17(20)23(25)26/h2-11,13H,12H2,1H3/b8-6+. The number of nitro benzene ring substituents is 1. The molecule has 3 aromatic rings. The Kier molecular flexibility index (Phi) is 6.79. The number of nitro groups is 1. The predicted octanol–water partition coefficient (Wildman–Crippen LogP) is 5.90. The topological polar surface area (TPSA) is 78.7 Å². The molecule has 29 heavy (non-hydrogen) atoms. The van der Waals surface area contributed by atoms with Gasteiger partial charge in [0.05, 0.1) is 16.9 Å². The van der Waals surface area contributed by atoms with Crippen LogP contribution in [0.3, 0.4) is 0 Å². The van der Waals surface area contributed by atoms with Crippen molar-refractivity contribution in [2.45, 2.75) is 6.61 Å². The fourth-order valence-corrected chi connectivity index (χ4v) is 3.94. The number of para-hydroxylation sites is 2. The number of methoxy groups -OCH3 is 1. The molecule has 0 radical (unpaired) electrons. The number of carbonyl (C=O) groups excluding carboxylic acids is 1. The van der Waals surface area contributed by atoms with Gasteiger partial charge in [-0.1, -0.05) is 24.3 Å². The monoisotopic (exact) mass is 473 g/mol. The second-order valence-electron chi connectivity index (χ2n) is 5.91. The lowest BCUT2D eigenvalue weighted by Crippen LogP contribution is -2.01. The Hall–Kier alpha value is -2.97. The maximum absolute atomic E-state index is 12.2. The highest BCUT2D eigenvalue weighted by atomic mass is 79.9. The second-order valence-corrected chi connectivity index (χ2v) is 7.74. The molecule has 1 aromatic heterocycles. The smallest absolute Gasteiger partial charge is 0.310 e. The molecule has 148 valence electrons. The van der Waals surface area contributed by atoms with Gasteiger partial charge in [-0.3, -0.25) is 14.9 Å². The van der Waals surface area contributed by atoms with E-state index in [0.717, 1.165) is 10.0 Å². The van der Waals surface area contributed by atoms with E-state index in [0.29, 0.717) is 16.2 Å². The Balaban J connectivity index is 1.78. The molecule has 3 rings (SSSR count). The second kappa shape index (κ2) is 9.49. The largest absolute Gasteiger partial charge is 0.496 e. The molecule has 0 bridgehead atoms. The summed E-state index contributed by atoms with van der Waals surface area (Å²) in [4.78, 5) is 23.5. The molecule has 0 spiro atoms. The van der Waals surface area contributed by atoms with Gasteiger partial charge in [-0.05, 0) is 51.8 Å². The zero-order valence-corrected chi connectivity index (χ0v) is 17.7. The molecule has 6 nitrogen and oxygen atoms in total. The molecule has 0 saturated heterocycles. The van der Waals surface area contributed by atoms with E-state index in [1.54, 1.807) is 36.4 Å². The summed E-state index contributed by atoms with van der Waals surface area (Å²) >= 11 is 4.71. The quantitative estimate of drug-likeness (QED) is 0.176. The first kappa shape index (κ1) is 20.8. The minimum atomic E-state index is -0.486. The lowest BCUT2D eigenvalue weighted by atomic mass is 10.1. The normalized spacial score (nSPS) is 10.8. The fraction of sp³-hybridized carbons (Fsp3) is 0.0952. The molecule has 0 aliphatic rings. The third kappa shape index (κ3) is 5.30. The summed E-state index contributed by atoms with van der Waals surface area (Å²) in [5.74, 6) is 0.683. The first-order chi connectivity index (χ1) is 14.0. The van der Waals surface area contributed by atoms with E-state index in [1.807, 2.05) is 17.5 Å². The molecular weight excluding hydrogens is 458 g/mol. The summed E-state index contributed by atoms with van der Waals surface area (Å²) in [6.07, 6.45) is 3.22. The van der Waals surface area contributed by atoms with Crippen molar-refractivity contribution in [3.63, 3.8) is 0 Å². The first-order valence-corrected chi connectivity index (χ1v) is 10.1. The van der Waals surface area contributed by atoms with Crippen LogP contribution >= 0.6 is 27.3 Å². The van der Waals surface area contributed by atoms with Crippen LogP contribution in [0.2, 0.25) is 0 Å². The Morgan fingerprint density at radius 3 is 2.69 bits per heavy atom. The Bertz CT molecular complexity index is 1080. The average Bonchev–Trinajstić information content (AvgIpc) is 3.17. The number of nitrogens with zero attached hydrogens (tertiary/aromatic N) is 1. The third-order valence-electron chi connectivity index (χ3n) is 3.99. The number of ketones is 1. The molecule has 0 aliphatic heterocycles. The molecule has 0 fully saturated rings. The lowest BCUT2D eigenvalue weighted by molar-refractivity contribution is -0.385. The van der Waals surface area contributed by atoms with Gasteiger partial charge in [-0.15, -0.1) is 11.3 Å². The minimum absolute atomic E-state index is 0.0848. The Morgan fingerprint density at radius 1 is 1.21 bits per heavy atom. The van der Waals surface area contributed by atoms with Gasteiger partial charge >= 0.3 is 5.69 Å². The van der Waals surface area contributed by atoms with Gasteiger partial charge in [-0.2, -0.15) is 0 Å². The van der Waals surface area contributed by atoms with Crippen LogP contribution in [0.1, 0.15) is 20.8 Å². The lowest BCUT2D eigenvalue weighted by Gasteiger charge is -2.11. The minimum Gasteiger partial charge on any atom is -0.496 e. The number of hydrogen-bond donors (Lipinski definition) is 0. The van der Waals surface area contributed by atoms with Gasteiger partial charge in [0.2, 0.25) is 0 Å². The van der Waals surface area contributed by atoms with Crippen LogP contribution in [0.4, 0.5) is 5.69 Å². The molecule has 1 heterocycles. The molecule has 0 amide bonds. The number of rotatable bonds is 8. The number of thiophene rings is 1. The van der Waals surface area contributed by atoms with E-state index >= 15 is 0 Å². The van der Waals surface area contributed by atoms with Gasteiger partial charge in [-0.25, -0.2) is 0 Å². The van der Waals surface area contributed by atoms with Crippen molar-refractivity contribution >= 4 is 44.8 Å². The Morgan fingerprint density at radius 2 is 2.00 bits per heavy atom. The zero-order chi connectivity index (χ0) is 20.8. The number of benzene rings is 2. The van der Waals surface area contributed by atoms with Gasteiger partial charge in [0.15, 0.2) is 11.5 Å². The zero-order valence-electron chi connectivity index (χ0n) is 15.3. The summed E-state index contributed by atoms with van der Waals surface area (Å²) in [6.45, 7) is 0.0848. The Labute approximate surface area is 179 Å². The van der Waals surface area contributed by atoms with Crippen LogP contribution < -0.4 is 9.47 Å². The van der Waals surface area contributed by atoms with E-state index in [4.69, 9.17) is 9.47 Å². The van der Waals surface area contributed by atoms with Crippen molar-refractivity contribution in [3.8, 4) is 11.5 Å². The number of allylic oxidation sites excluding steroid dienone is 1. The molecule has 2 aromatic carbocycles. The van der Waals surface area contributed by atoms with E-state index in [2.05, 4.69) is 15.9 Å². The van der Waals surface area contributed by atoms with E-state index in [1.165, 1.54) is 30.6 Å². The highest BCUT2D eigenvalue weighted by molar-refractivity contribution is 9.10. The summed E-state index contributed by atoms with van der Waals surface area (Å²) < 4.78 is 11.9. The number of carbonyl (C=O) groups is 1. The number of halogens is 1. The fourth-order valence-electron chi connectivity index (χ4n) is 2.60. The van der Waals surface area contributed by atoms with Crippen LogP contribution in [0.15, 0.2) is 64.5 Å². The summed E-state index contributed by atoms with van der Waals surface area (Å²) in [5.41, 5.74) is 1.39. The van der Waals surface area contributed by atoms with Gasteiger partial charge < -0.3 is 9.47 Å². The average molecular weight is 474 g/mol. The summed E-state index contributed by atoms with van der Waals surface area (Å²) in [6, 6.07) is 13.4. The van der Waals surface area contributed by atoms with E-state index in [9.17, 15) is 14.9 Å². The summed E-state index contributed by atoms with van der Waals surface area (Å²) in [7, 11) is 1.54. The maximum atomic E-state index is 12.2. The molecule has 0 aliphatic carbocycles. The molecule has 0 saturated carbocycles.